The Balaban J connectivity index is 1.53. The third-order valence-corrected chi connectivity index (χ3v) is 7.75. The van der Waals surface area contributed by atoms with E-state index in [1.807, 2.05) is 0 Å². The fourth-order valence-corrected chi connectivity index (χ4v) is 6.11. The molecule has 7 rings (SSSR count). The average molecular weight is 526 g/mol. The fourth-order valence-electron chi connectivity index (χ4n) is 5.94. The number of fused-ring (bicyclic) bond motifs is 5. The summed E-state index contributed by atoms with van der Waals surface area (Å²) in [5, 5.41) is 6.96. The number of aromatic nitrogens is 2. The normalized spacial score (nSPS) is 13.7. The van der Waals surface area contributed by atoms with E-state index in [4.69, 9.17) is 34.4 Å². The van der Waals surface area contributed by atoms with E-state index >= 15 is 0 Å². The van der Waals surface area contributed by atoms with Crippen LogP contribution in [0.3, 0.4) is 0 Å². The zero-order valence-electron chi connectivity index (χ0n) is 20.6. The van der Waals surface area contributed by atoms with Crippen molar-refractivity contribution >= 4 is 74.2 Å². The minimum atomic E-state index is -0.125. The molecule has 0 amide bonds. The molecule has 1 aliphatic carbocycles. The molecule has 0 atom stereocenters. The largest absolute Gasteiger partial charge is 0.309 e. The van der Waals surface area contributed by atoms with Crippen molar-refractivity contribution in [2.75, 3.05) is 4.90 Å². The highest BCUT2D eigenvalue weighted by atomic mass is 32.1. The van der Waals surface area contributed by atoms with Crippen LogP contribution >= 0.6 is 24.4 Å². The van der Waals surface area contributed by atoms with Gasteiger partial charge in [-0.1, -0.05) is 68.4 Å². The van der Waals surface area contributed by atoms with Gasteiger partial charge in [0.15, 0.2) is 0 Å². The molecule has 0 fully saturated rings. The number of benzene rings is 4. The Morgan fingerprint density at radius 3 is 1.79 bits per heavy atom. The summed E-state index contributed by atoms with van der Waals surface area (Å²) >= 11 is 9.66. The molecule has 0 saturated heterocycles. The summed E-state index contributed by atoms with van der Waals surface area (Å²) in [7, 11) is 0. The Morgan fingerprint density at radius 2 is 1.21 bits per heavy atom. The first-order valence-corrected chi connectivity index (χ1v) is 13.0. The van der Waals surface area contributed by atoms with Crippen LogP contribution in [-0.2, 0) is 5.41 Å². The van der Waals surface area contributed by atoms with Gasteiger partial charge in [-0.05, 0) is 59.8 Å². The van der Waals surface area contributed by atoms with Gasteiger partial charge in [0.05, 0.1) is 38.8 Å². The van der Waals surface area contributed by atoms with Gasteiger partial charge in [-0.3, -0.25) is 0 Å². The molecule has 180 valence electrons. The van der Waals surface area contributed by atoms with Crippen molar-refractivity contribution in [3.63, 3.8) is 0 Å². The van der Waals surface area contributed by atoms with Gasteiger partial charge in [0.25, 0.3) is 0 Å². The van der Waals surface area contributed by atoms with Crippen LogP contribution in [0, 0.1) is 0 Å². The molecule has 0 N–H and O–H groups in total. The molecule has 0 spiro atoms. The molecular formula is C31H19N5S2. The minimum Gasteiger partial charge on any atom is -0.309 e. The minimum absolute atomic E-state index is 0.125. The van der Waals surface area contributed by atoms with Gasteiger partial charge in [0.2, 0.25) is 11.6 Å². The molecule has 1 aliphatic heterocycles. The van der Waals surface area contributed by atoms with Gasteiger partial charge >= 0.3 is 0 Å². The van der Waals surface area contributed by atoms with Gasteiger partial charge < -0.3 is 4.90 Å². The zero-order valence-corrected chi connectivity index (χ0v) is 22.2. The maximum Gasteiger partial charge on any atom is 0.209 e. The summed E-state index contributed by atoms with van der Waals surface area (Å²) in [6.45, 7) is 4.59. The van der Waals surface area contributed by atoms with E-state index < -0.39 is 0 Å². The lowest BCUT2D eigenvalue weighted by molar-refractivity contribution is 0.632. The van der Waals surface area contributed by atoms with E-state index in [0.717, 1.165) is 39.0 Å². The first kappa shape index (κ1) is 22.8. The standard InChI is InChI=1S/C31H19N5S2/c1-31(2)21-10-3-5-12-24(21)36(25-13-6-4-11-22(25)31)23-15-14-20-26-18(23)8-7-9-19(26)27-28(20)35-30(33-17-38)29(34-27)32-16-37/h3-15H,1-2H3. The van der Waals surface area contributed by atoms with Crippen LogP contribution in [0.4, 0.5) is 28.7 Å². The highest BCUT2D eigenvalue weighted by Gasteiger charge is 2.37. The topological polar surface area (TPSA) is 53.7 Å². The summed E-state index contributed by atoms with van der Waals surface area (Å²) in [5.41, 5.74) is 9.41. The number of rotatable bonds is 3. The molecule has 5 aromatic rings. The zero-order chi connectivity index (χ0) is 26.0. The summed E-state index contributed by atoms with van der Waals surface area (Å²) in [6, 6.07) is 27.9. The Bertz CT molecular complexity index is 1830. The van der Waals surface area contributed by atoms with Gasteiger partial charge in [0, 0.05) is 27.3 Å². The molecule has 0 unspecified atom stereocenters. The van der Waals surface area contributed by atoms with Crippen molar-refractivity contribution in [2.45, 2.75) is 19.3 Å². The number of thiocarbonyl (C=S) groups is 2. The van der Waals surface area contributed by atoms with Crippen LogP contribution in [0.1, 0.15) is 25.0 Å². The molecule has 7 heteroatoms. The molecule has 0 radical (unpaired) electrons. The van der Waals surface area contributed by atoms with Gasteiger partial charge in [-0.15, -0.1) is 0 Å². The number of hydrogen-bond acceptors (Lipinski definition) is 7. The quantitative estimate of drug-likeness (QED) is 0.171. The Morgan fingerprint density at radius 1 is 0.658 bits per heavy atom. The van der Waals surface area contributed by atoms with Crippen molar-refractivity contribution in [3.05, 3.63) is 90.0 Å². The van der Waals surface area contributed by atoms with Crippen LogP contribution in [0.5, 0.6) is 0 Å². The molecule has 2 heterocycles. The second kappa shape index (κ2) is 8.32. The average Bonchev–Trinajstić information content (AvgIpc) is 3.24. The number of hydrogen-bond donors (Lipinski definition) is 0. The van der Waals surface area contributed by atoms with Crippen LogP contribution in [0.25, 0.3) is 33.3 Å². The first-order valence-electron chi connectivity index (χ1n) is 12.2. The summed E-state index contributed by atoms with van der Waals surface area (Å²) in [6.07, 6.45) is 0. The van der Waals surface area contributed by atoms with Crippen LogP contribution in [0.15, 0.2) is 88.8 Å². The lowest BCUT2D eigenvalue weighted by Crippen LogP contribution is -2.30. The molecule has 5 nitrogen and oxygen atoms in total. The van der Waals surface area contributed by atoms with E-state index in [0.29, 0.717) is 0 Å². The third kappa shape index (κ3) is 3.05. The maximum absolute atomic E-state index is 4.83. The van der Waals surface area contributed by atoms with Gasteiger partial charge in [-0.25, -0.2) is 9.97 Å². The Labute approximate surface area is 230 Å². The summed E-state index contributed by atoms with van der Waals surface area (Å²) in [5.74, 6) is 0.560. The molecule has 4 aromatic carbocycles. The second-order valence-corrected chi connectivity index (χ2v) is 10.2. The molecule has 1 aromatic heterocycles. The van der Waals surface area contributed by atoms with Crippen molar-refractivity contribution in [3.8, 4) is 22.5 Å². The second-order valence-electron chi connectivity index (χ2n) is 9.83. The summed E-state index contributed by atoms with van der Waals surface area (Å²) < 4.78 is 0. The molecule has 2 aliphatic rings. The highest BCUT2D eigenvalue weighted by Crippen LogP contribution is 2.55. The molecule has 38 heavy (non-hydrogen) atoms. The van der Waals surface area contributed by atoms with Crippen molar-refractivity contribution in [1.29, 1.82) is 0 Å². The van der Waals surface area contributed by atoms with Crippen molar-refractivity contribution in [1.82, 2.24) is 9.97 Å². The first-order chi connectivity index (χ1) is 18.5. The SMILES string of the molecule is CC1(C)c2ccccc2N(c2ccc3c4c(cccc24)-c2nc(N=C=S)c(N=C=S)nc2-3)c2ccccc21. The van der Waals surface area contributed by atoms with Crippen molar-refractivity contribution in [2.24, 2.45) is 9.98 Å². The number of para-hydroxylation sites is 2. The Hall–Kier alpha value is -4.38. The van der Waals surface area contributed by atoms with Crippen molar-refractivity contribution < 1.29 is 0 Å². The number of isothiocyanates is 2. The lowest BCUT2D eigenvalue weighted by atomic mass is 9.73. The monoisotopic (exact) mass is 525 g/mol. The predicted octanol–water partition coefficient (Wildman–Crippen LogP) is 8.85. The highest BCUT2D eigenvalue weighted by molar-refractivity contribution is 7.78. The lowest BCUT2D eigenvalue weighted by Gasteiger charge is -2.42. The van der Waals surface area contributed by atoms with Crippen LogP contribution in [0.2, 0.25) is 0 Å². The molecule has 0 bridgehead atoms. The van der Waals surface area contributed by atoms with Gasteiger partial charge in [0.1, 0.15) is 0 Å². The summed E-state index contributed by atoms with van der Waals surface area (Å²) in [4.78, 5) is 20.1. The fraction of sp³-hybridized carbons (Fsp3) is 0.0968. The smallest absolute Gasteiger partial charge is 0.209 e. The van der Waals surface area contributed by atoms with Gasteiger partial charge in [-0.2, -0.15) is 9.98 Å². The van der Waals surface area contributed by atoms with E-state index in [9.17, 15) is 0 Å². The predicted molar refractivity (Wildman–Crippen MR) is 160 cm³/mol. The van der Waals surface area contributed by atoms with Crippen LogP contribution in [-0.4, -0.2) is 20.3 Å². The van der Waals surface area contributed by atoms with E-state index in [2.05, 4.69) is 118 Å². The van der Waals surface area contributed by atoms with E-state index in [1.165, 1.54) is 22.5 Å². The van der Waals surface area contributed by atoms with E-state index in [1.54, 1.807) is 0 Å². The molecule has 0 saturated carbocycles. The maximum atomic E-state index is 4.83. The number of anilines is 3. The third-order valence-electron chi connectivity index (χ3n) is 7.57. The molecular weight excluding hydrogens is 507 g/mol. The van der Waals surface area contributed by atoms with Crippen LogP contribution < -0.4 is 4.90 Å². The van der Waals surface area contributed by atoms with E-state index in [-0.39, 0.29) is 17.1 Å². The number of nitrogens with zero attached hydrogens (tertiary/aromatic N) is 5. The Kier molecular flexibility index (Phi) is 4.99. The number of aliphatic imine (C=N–C) groups is 2.